The van der Waals surface area contributed by atoms with E-state index >= 15 is 0 Å². The van der Waals surface area contributed by atoms with Gasteiger partial charge in [-0.15, -0.1) is 0 Å². The molecule has 234 valence electrons. The third-order valence-electron chi connectivity index (χ3n) is 6.30. The molecule has 0 fully saturated rings. The Kier molecular flexibility index (Phi) is 12.9. The van der Waals surface area contributed by atoms with Gasteiger partial charge in [-0.1, -0.05) is 61.4 Å². The van der Waals surface area contributed by atoms with E-state index in [1.165, 1.54) is 13.0 Å². The smallest absolute Gasteiger partial charge is 0.412 e. The molecule has 0 aliphatic rings. The van der Waals surface area contributed by atoms with Gasteiger partial charge in [0.05, 0.1) is 4.90 Å². The van der Waals surface area contributed by atoms with Crippen LogP contribution in [0.15, 0.2) is 77.7 Å². The second kappa shape index (κ2) is 16.8. The van der Waals surface area contributed by atoms with Crippen LogP contribution >= 0.6 is 0 Å². The fraction of sp³-hybridized carbons (Fsp3) is 0.290. The lowest BCUT2D eigenvalue weighted by atomic mass is 10.0. The summed E-state index contributed by atoms with van der Waals surface area (Å²) in [5.74, 6) is -0.239. The lowest BCUT2D eigenvalue weighted by Gasteiger charge is -2.10. The average molecular weight is 625 g/mol. The van der Waals surface area contributed by atoms with Crippen molar-refractivity contribution in [1.82, 2.24) is 10.6 Å². The van der Waals surface area contributed by atoms with Gasteiger partial charge < -0.3 is 19.5 Å². The Morgan fingerprint density at radius 3 is 2.27 bits per heavy atom. The molecule has 0 atom stereocenters. The highest BCUT2D eigenvalue weighted by atomic mass is 32.2. The monoisotopic (exact) mass is 624 g/mol. The highest BCUT2D eigenvalue weighted by Gasteiger charge is 2.15. The van der Waals surface area contributed by atoms with Crippen molar-refractivity contribution in [2.75, 3.05) is 19.8 Å². The molecule has 12 nitrogen and oxygen atoms in total. The Hall–Kier alpha value is -4.75. The van der Waals surface area contributed by atoms with E-state index < -0.39 is 28.2 Å². The fourth-order valence-electron chi connectivity index (χ4n) is 4.21. The van der Waals surface area contributed by atoms with Crippen LogP contribution < -0.4 is 20.5 Å². The lowest BCUT2D eigenvalue weighted by molar-refractivity contribution is -0.141. The van der Waals surface area contributed by atoms with Crippen LogP contribution in [-0.2, 0) is 30.7 Å². The Labute approximate surface area is 256 Å². The molecule has 0 spiro atoms. The molecule has 13 heteroatoms. The summed E-state index contributed by atoms with van der Waals surface area (Å²) in [6, 6.07) is 20.2. The topological polar surface area (TPSA) is 187 Å². The Morgan fingerprint density at radius 2 is 1.55 bits per heavy atom. The zero-order valence-electron chi connectivity index (χ0n) is 24.3. The van der Waals surface area contributed by atoms with Gasteiger partial charge in [-0.3, -0.25) is 15.5 Å². The van der Waals surface area contributed by atoms with E-state index in [-0.39, 0.29) is 23.9 Å². The largest absolute Gasteiger partial charge is 0.462 e. The summed E-state index contributed by atoms with van der Waals surface area (Å²) in [6.07, 6.45) is 2.93. The van der Waals surface area contributed by atoms with Crippen LogP contribution in [-0.4, -0.2) is 52.2 Å². The second-order valence-corrected chi connectivity index (χ2v) is 11.3. The number of amidine groups is 1. The molecule has 0 aliphatic carbocycles. The minimum Gasteiger partial charge on any atom is -0.462 e. The standard InChI is InChI=1S/C31H36N4O8S/c1-22(36)41-19-20-42-31(38)35-29(32)25-11-8-10-23(21-25)9-4-2-3-7-18-34-30(37)43-26-16-14-24(15-17-26)27-12-5-6-13-28(27)44(33,39)40/h5-6,8,10-17,21H,2-4,7,9,18-20H2,1H3,(H,34,37)(H2,32,35,38)(H2,33,39,40). The molecule has 0 aromatic heterocycles. The first-order valence-corrected chi connectivity index (χ1v) is 15.5. The minimum atomic E-state index is -3.89. The summed E-state index contributed by atoms with van der Waals surface area (Å²) in [5, 5.41) is 18.5. The van der Waals surface area contributed by atoms with Gasteiger partial charge in [0.2, 0.25) is 10.0 Å². The molecular formula is C31H36N4O8S. The summed E-state index contributed by atoms with van der Waals surface area (Å²) < 4.78 is 38.6. The highest BCUT2D eigenvalue weighted by Crippen LogP contribution is 2.28. The number of hydrogen-bond donors (Lipinski definition) is 4. The van der Waals surface area contributed by atoms with Crippen molar-refractivity contribution in [3.63, 3.8) is 0 Å². The summed E-state index contributed by atoms with van der Waals surface area (Å²) in [6.45, 7) is 1.56. The molecular weight excluding hydrogens is 588 g/mol. The molecule has 5 N–H and O–H groups in total. The van der Waals surface area contributed by atoms with E-state index in [1.807, 2.05) is 18.2 Å². The molecule has 3 rings (SSSR count). The van der Waals surface area contributed by atoms with Crippen LogP contribution in [0.25, 0.3) is 11.1 Å². The zero-order chi connectivity index (χ0) is 32.0. The number of hydrogen-bond acceptors (Lipinski definition) is 9. The summed E-state index contributed by atoms with van der Waals surface area (Å²) in [7, 11) is -3.89. The Balaban J connectivity index is 1.32. The van der Waals surface area contributed by atoms with Gasteiger partial charge in [0.15, 0.2) is 0 Å². The number of amides is 2. The van der Waals surface area contributed by atoms with Crippen molar-refractivity contribution in [2.24, 2.45) is 5.14 Å². The number of primary sulfonamides is 1. The number of ether oxygens (including phenoxy) is 3. The predicted molar refractivity (Wildman–Crippen MR) is 164 cm³/mol. The van der Waals surface area contributed by atoms with E-state index in [0.717, 1.165) is 37.7 Å². The molecule has 0 unspecified atom stereocenters. The maximum absolute atomic E-state index is 12.2. The maximum atomic E-state index is 12.2. The van der Waals surface area contributed by atoms with Crippen LogP contribution in [0.1, 0.15) is 43.7 Å². The number of nitrogens with one attached hydrogen (secondary N) is 3. The van der Waals surface area contributed by atoms with Gasteiger partial charge in [0.1, 0.15) is 24.8 Å². The van der Waals surface area contributed by atoms with Crippen LogP contribution in [0.3, 0.4) is 0 Å². The third-order valence-corrected chi connectivity index (χ3v) is 7.26. The number of rotatable bonds is 14. The van der Waals surface area contributed by atoms with Gasteiger partial charge in [-0.05, 0) is 54.7 Å². The van der Waals surface area contributed by atoms with E-state index in [2.05, 4.69) is 15.4 Å². The number of sulfonamides is 1. The van der Waals surface area contributed by atoms with Crippen molar-refractivity contribution in [1.29, 1.82) is 5.41 Å². The van der Waals surface area contributed by atoms with Crippen molar-refractivity contribution >= 4 is 34.0 Å². The number of nitrogens with two attached hydrogens (primary N) is 1. The lowest BCUT2D eigenvalue weighted by Crippen LogP contribution is -2.32. The normalized spacial score (nSPS) is 10.9. The molecule has 3 aromatic carbocycles. The van der Waals surface area contributed by atoms with E-state index in [1.54, 1.807) is 48.5 Å². The van der Waals surface area contributed by atoms with Crippen molar-refractivity contribution in [3.8, 4) is 16.9 Å². The van der Waals surface area contributed by atoms with Crippen LogP contribution in [0, 0.1) is 5.41 Å². The average Bonchev–Trinajstić information content (AvgIpc) is 2.99. The first kappa shape index (κ1) is 33.7. The highest BCUT2D eigenvalue weighted by molar-refractivity contribution is 7.89. The molecule has 0 bridgehead atoms. The maximum Gasteiger partial charge on any atom is 0.412 e. The molecule has 0 saturated heterocycles. The number of alkyl carbamates (subject to hydrolysis) is 1. The van der Waals surface area contributed by atoms with Crippen molar-refractivity contribution in [2.45, 2.75) is 43.9 Å². The number of aryl methyl sites for hydroxylation is 1. The number of carbonyl (C=O) groups is 3. The van der Waals surface area contributed by atoms with Crippen LogP contribution in [0.5, 0.6) is 5.75 Å². The molecule has 44 heavy (non-hydrogen) atoms. The predicted octanol–water partition coefficient (Wildman–Crippen LogP) is 4.51. The number of benzene rings is 3. The number of unbranched alkanes of at least 4 members (excludes halogenated alkanes) is 3. The van der Waals surface area contributed by atoms with Gasteiger partial charge in [-0.25, -0.2) is 23.1 Å². The summed E-state index contributed by atoms with van der Waals surface area (Å²) >= 11 is 0. The van der Waals surface area contributed by atoms with Gasteiger partial charge in [0.25, 0.3) is 0 Å². The summed E-state index contributed by atoms with van der Waals surface area (Å²) in [4.78, 5) is 34.7. The third kappa shape index (κ3) is 11.5. The van der Waals surface area contributed by atoms with Crippen LogP contribution in [0.2, 0.25) is 0 Å². The van der Waals surface area contributed by atoms with Gasteiger partial charge >= 0.3 is 18.2 Å². The quantitative estimate of drug-likeness (QED) is 0.0873. The van der Waals surface area contributed by atoms with E-state index in [9.17, 15) is 22.8 Å². The SMILES string of the molecule is CC(=O)OCCOC(=O)NC(=N)c1cccc(CCCCCCNC(=O)Oc2ccc(-c3ccccc3S(N)(=O)=O)cc2)c1. The molecule has 0 aliphatic heterocycles. The summed E-state index contributed by atoms with van der Waals surface area (Å²) in [5.41, 5.74) is 2.66. The van der Waals surface area contributed by atoms with Gasteiger partial charge in [-0.2, -0.15) is 0 Å². The van der Waals surface area contributed by atoms with Crippen LogP contribution in [0.4, 0.5) is 9.59 Å². The van der Waals surface area contributed by atoms with E-state index in [4.69, 9.17) is 20.0 Å². The molecule has 3 aromatic rings. The number of esters is 1. The molecule has 0 radical (unpaired) electrons. The molecule has 0 saturated carbocycles. The first-order chi connectivity index (χ1) is 21.0. The zero-order valence-corrected chi connectivity index (χ0v) is 25.2. The number of carbonyl (C=O) groups excluding carboxylic acids is 3. The minimum absolute atomic E-state index is 0.0168. The Morgan fingerprint density at radius 1 is 0.841 bits per heavy atom. The van der Waals surface area contributed by atoms with Crippen molar-refractivity contribution < 1.29 is 37.0 Å². The first-order valence-electron chi connectivity index (χ1n) is 14.0. The Bertz CT molecular complexity index is 1560. The van der Waals surface area contributed by atoms with Crippen molar-refractivity contribution in [3.05, 3.63) is 83.9 Å². The second-order valence-electron chi connectivity index (χ2n) is 9.72. The molecule has 0 heterocycles. The van der Waals surface area contributed by atoms with Gasteiger partial charge in [0, 0.05) is 24.6 Å². The molecule has 2 amide bonds. The van der Waals surface area contributed by atoms with E-state index in [0.29, 0.717) is 29.0 Å². The fourth-order valence-corrected chi connectivity index (χ4v) is 4.97.